The molecular weight excluding hydrogens is 356 g/mol. The van der Waals surface area contributed by atoms with Crippen molar-refractivity contribution in [2.45, 2.75) is 24.9 Å². The van der Waals surface area contributed by atoms with Crippen molar-refractivity contribution in [1.29, 1.82) is 0 Å². The van der Waals surface area contributed by atoms with Gasteiger partial charge < -0.3 is 31.6 Å². The predicted octanol–water partition coefficient (Wildman–Crippen LogP) is -0.802. The van der Waals surface area contributed by atoms with E-state index < -0.39 is 42.3 Å². The van der Waals surface area contributed by atoms with Crippen LogP contribution in [0.25, 0.3) is 10.9 Å². The van der Waals surface area contributed by atoms with E-state index in [1.165, 1.54) is 0 Å². The molecular formula is C17H20N4O6. The molecule has 2 rings (SSSR count). The van der Waals surface area contributed by atoms with Crippen LogP contribution in [-0.2, 0) is 25.6 Å². The van der Waals surface area contributed by atoms with Gasteiger partial charge in [0.15, 0.2) is 0 Å². The first-order valence-electron chi connectivity index (χ1n) is 8.11. The number of aromatic amines is 1. The summed E-state index contributed by atoms with van der Waals surface area (Å²) in [7, 11) is 0. The van der Waals surface area contributed by atoms with Gasteiger partial charge in [-0.25, -0.2) is 4.79 Å². The summed E-state index contributed by atoms with van der Waals surface area (Å²) in [5.41, 5.74) is 6.85. The van der Waals surface area contributed by atoms with Crippen molar-refractivity contribution in [3.8, 4) is 0 Å². The van der Waals surface area contributed by atoms with E-state index in [1.54, 1.807) is 6.20 Å². The molecule has 0 aliphatic carbocycles. The van der Waals surface area contributed by atoms with Crippen LogP contribution in [0.4, 0.5) is 0 Å². The maximum Gasteiger partial charge on any atom is 0.326 e. The highest BCUT2D eigenvalue weighted by molar-refractivity contribution is 5.93. The van der Waals surface area contributed by atoms with Crippen molar-refractivity contribution in [2.24, 2.45) is 5.73 Å². The molecule has 2 amide bonds. The zero-order valence-corrected chi connectivity index (χ0v) is 14.3. The normalized spacial score (nSPS) is 12.9. The van der Waals surface area contributed by atoms with Gasteiger partial charge in [0.25, 0.3) is 0 Å². The molecule has 0 aliphatic heterocycles. The quantitative estimate of drug-likeness (QED) is 0.332. The van der Waals surface area contributed by atoms with Gasteiger partial charge in [-0.05, 0) is 11.6 Å². The second-order valence-electron chi connectivity index (χ2n) is 5.89. The molecule has 1 heterocycles. The van der Waals surface area contributed by atoms with Crippen molar-refractivity contribution in [3.05, 3.63) is 36.0 Å². The van der Waals surface area contributed by atoms with Crippen LogP contribution < -0.4 is 16.4 Å². The van der Waals surface area contributed by atoms with Crippen LogP contribution >= 0.6 is 0 Å². The third-order valence-electron chi connectivity index (χ3n) is 3.93. The summed E-state index contributed by atoms with van der Waals surface area (Å²) in [6.45, 7) is -0.352. The summed E-state index contributed by atoms with van der Waals surface area (Å²) in [5, 5.41) is 23.3. The van der Waals surface area contributed by atoms with Gasteiger partial charge >= 0.3 is 11.9 Å². The Labute approximate surface area is 153 Å². The molecule has 10 heteroatoms. The van der Waals surface area contributed by atoms with Crippen LogP contribution in [0, 0.1) is 0 Å². The zero-order chi connectivity index (χ0) is 20.0. The second kappa shape index (κ2) is 8.81. The number of H-pyrrole nitrogens is 1. The Balaban J connectivity index is 2.22. The molecule has 7 N–H and O–H groups in total. The Hall–Kier alpha value is -3.40. The Morgan fingerprint density at radius 3 is 2.41 bits per heavy atom. The molecule has 10 nitrogen and oxygen atoms in total. The molecule has 144 valence electrons. The Morgan fingerprint density at radius 1 is 1.07 bits per heavy atom. The fourth-order valence-corrected chi connectivity index (χ4v) is 2.63. The maximum absolute atomic E-state index is 12.5. The number of amides is 2. The molecule has 2 aromatic rings. The molecule has 27 heavy (non-hydrogen) atoms. The van der Waals surface area contributed by atoms with Crippen LogP contribution in [0.15, 0.2) is 30.5 Å². The Morgan fingerprint density at radius 2 is 1.78 bits per heavy atom. The number of carbonyl (C=O) groups excluding carboxylic acids is 2. The predicted molar refractivity (Wildman–Crippen MR) is 94.8 cm³/mol. The minimum absolute atomic E-state index is 0.0704. The zero-order valence-electron chi connectivity index (χ0n) is 14.3. The Bertz CT molecular complexity index is 862. The molecule has 0 saturated carbocycles. The summed E-state index contributed by atoms with van der Waals surface area (Å²) in [6, 6.07) is 4.61. The minimum atomic E-state index is -1.62. The third-order valence-corrected chi connectivity index (χ3v) is 3.93. The molecule has 1 aromatic heterocycles. The first-order valence-corrected chi connectivity index (χ1v) is 8.11. The van der Waals surface area contributed by atoms with Gasteiger partial charge in [0.2, 0.25) is 11.8 Å². The van der Waals surface area contributed by atoms with E-state index in [4.69, 9.17) is 15.9 Å². The molecule has 0 bridgehead atoms. The van der Waals surface area contributed by atoms with Crippen molar-refractivity contribution in [1.82, 2.24) is 15.6 Å². The third kappa shape index (κ3) is 5.28. The minimum Gasteiger partial charge on any atom is -0.481 e. The molecule has 2 unspecified atom stereocenters. The molecule has 0 spiro atoms. The maximum atomic E-state index is 12.5. The number of carbonyl (C=O) groups is 4. The SMILES string of the molecule is NCC(=O)NC(Cc1c[nH]c2ccccc12)C(=O)NC(CC(=O)O)C(=O)O. The first kappa shape index (κ1) is 19.9. The van der Waals surface area contributed by atoms with Crippen molar-refractivity contribution < 1.29 is 29.4 Å². The molecule has 2 atom stereocenters. The van der Waals surface area contributed by atoms with E-state index in [1.807, 2.05) is 24.3 Å². The molecule has 0 radical (unpaired) electrons. The fourth-order valence-electron chi connectivity index (χ4n) is 2.63. The van der Waals surface area contributed by atoms with Gasteiger partial charge in [0.1, 0.15) is 12.1 Å². The molecule has 1 aromatic carbocycles. The number of hydrogen-bond acceptors (Lipinski definition) is 5. The number of para-hydroxylation sites is 1. The largest absolute Gasteiger partial charge is 0.481 e. The number of fused-ring (bicyclic) bond motifs is 1. The monoisotopic (exact) mass is 376 g/mol. The van der Waals surface area contributed by atoms with Crippen LogP contribution in [-0.4, -0.2) is 57.6 Å². The lowest BCUT2D eigenvalue weighted by molar-refractivity contribution is -0.147. The lowest BCUT2D eigenvalue weighted by Gasteiger charge is -2.20. The highest BCUT2D eigenvalue weighted by atomic mass is 16.4. The number of carboxylic acid groups (broad SMARTS) is 2. The average Bonchev–Trinajstić information content (AvgIpc) is 3.03. The van der Waals surface area contributed by atoms with E-state index in [0.717, 1.165) is 16.5 Å². The highest BCUT2D eigenvalue weighted by Gasteiger charge is 2.28. The number of benzene rings is 1. The van der Waals surface area contributed by atoms with Gasteiger partial charge in [-0.2, -0.15) is 0 Å². The van der Waals surface area contributed by atoms with E-state index in [-0.39, 0.29) is 13.0 Å². The summed E-state index contributed by atoms with van der Waals surface area (Å²) >= 11 is 0. The van der Waals surface area contributed by atoms with E-state index in [9.17, 15) is 19.2 Å². The van der Waals surface area contributed by atoms with Gasteiger partial charge in [0, 0.05) is 23.5 Å². The van der Waals surface area contributed by atoms with Crippen molar-refractivity contribution >= 4 is 34.7 Å². The van der Waals surface area contributed by atoms with E-state index >= 15 is 0 Å². The lowest BCUT2D eigenvalue weighted by atomic mass is 10.0. The second-order valence-corrected chi connectivity index (χ2v) is 5.89. The average molecular weight is 376 g/mol. The van der Waals surface area contributed by atoms with E-state index in [0.29, 0.717) is 0 Å². The highest BCUT2D eigenvalue weighted by Crippen LogP contribution is 2.19. The van der Waals surface area contributed by atoms with Gasteiger partial charge in [0.05, 0.1) is 13.0 Å². The number of rotatable bonds is 9. The van der Waals surface area contributed by atoms with Crippen molar-refractivity contribution in [3.63, 3.8) is 0 Å². The van der Waals surface area contributed by atoms with E-state index in [2.05, 4.69) is 15.6 Å². The number of nitrogens with one attached hydrogen (secondary N) is 3. The van der Waals surface area contributed by atoms with Crippen LogP contribution in [0.1, 0.15) is 12.0 Å². The first-order chi connectivity index (χ1) is 12.8. The number of nitrogens with two attached hydrogens (primary N) is 1. The van der Waals surface area contributed by atoms with Crippen molar-refractivity contribution in [2.75, 3.05) is 6.54 Å². The summed E-state index contributed by atoms with van der Waals surface area (Å²) in [4.78, 5) is 49.2. The topological polar surface area (TPSA) is 175 Å². The molecule has 0 fully saturated rings. The van der Waals surface area contributed by atoms with Crippen LogP contribution in [0.5, 0.6) is 0 Å². The Kier molecular flexibility index (Phi) is 6.50. The van der Waals surface area contributed by atoms with Gasteiger partial charge in [-0.15, -0.1) is 0 Å². The smallest absolute Gasteiger partial charge is 0.326 e. The number of hydrogen-bond donors (Lipinski definition) is 6. The number of aromatic nitrogens is 1. The number of carboxylic acids is 2. The molecule has 0 saturated heterocycles. The van der Waals surface area contributed by atoms with Gasteiger partial charge in [-0.1, -0.05) is 18.2 Å². The van der Waals surface area contributed by atoms with Crippen LogP contribution in [0.3, 0.4) is 0 Å². The summed E-state index contributed by atoms with van der Waals surface area (Å²) in [5.74, 6) is -4.26. The standard InChI is InChI=1S/C17H20N4O6/c18-7-14(22)20-12(16(25)21-13(17(26)27)6-15(23)24)5-9-8-19-11-4-2-1-3-10(9)11/h1-4,8,12-13,19H,5-7,18H2,(H,20,22)(H,21,25)(H,23,24)(H,26,27). The molecule has 0 aliphatic rings. The summed E-state index contributed by atoms with van der Waals surface area (Å²) < 4.78 is 0. The summed E-state index contributed by atoms with van der Waals surface area (Å²) in [6.07, 6.45) is 0.970. The number of aliphatic carboxylic acids is 2. The van der Waals surface area contributed by atoms with Gasteiger partial charge in [-0.3, -0.25) is 14.4 Å². The van der Waals surface area contributed by atoms with Crippen LogP contribution in [0.2, 0.25) is 0 Å². The fraction of sp³-hybridized carbons (Fsp3) is 0.294. The lowest BCUT2D eigenvalue weighted by Crippen LogP contribution is -2.53.